The third-order valence-electron chi connectivity index (χ3n) is 2.90. The van der Waals surface area contributed by atoms with E-state index in [1.807, 2.05) is 0 Å². The Morgan fingerprint density at radius 3 is 2.81 bits per heavy atom. The zero-order valence-electron chi connectivity index (χ0n) is 8.97. The Labute approximate surface area is 108 Å². The number of rotatable bonds is 2. The van der Waals surface area contributed by atoms with Gasteiger partial charge in [0.05, 0.1) is 10.6 Å². The maximum absolute atomic E-state index is 13.4. The molecule has 0 bridgehead atoms. The average Bonchev–Trinajstić information content (AvgIpc) is 2.60. The second-order valence-electron chi connectivity index (χ2n) is 4.36. The Kier molecular flexibility index (Phi) is 3.75. The Morgan fingerprint density at radius 1 is 1.44 bits per heavy atom. The molecule has 4 heteroatoms. The lowest BCUT2D eigenvalue weighted by molar-refractivity contribution is 0.203. The number of benzene rings is 1. The molecule has 1 aromatic rings. The normalized spacial score (nSPS) is 24.8. The van der Waals surface area contributed by atoms with Crippen LogP contribution in [0.1, 0.15) is 26.2 Å². The van der Waals surface area contributed by atoms with Crippen molar-refractivity contribution in [2.45, 2.75) is 32.3 Å². The minimum Gasteiger partial charge on any atom is -0.489 e. The van der Waals surface area contributed by atoms with Gasteiger partial charge >= 0.3 is 0 Å². The molecule has 1 aliphatic carbocycles. The molecule has 1 fully saturated rings. The largest absolute Gasteiger partial charge is 0.489 e. The fourth-order valence-electron chi connectivity index (χ4n) is 2.06. The van der Waals surface area contributed by atoms with Gasteiger partial charge in [-0.2, -0.15) is 0 Å². The van der Waals surface area contributed by atoms with Crippen molar-refractivity contribution >= 4 is 27.5 Å². The van der Waals surface area contributed by atoms with E-state index < -0.39 is 0 Å². The van der Waals surface area contributed by atoms with Crippen LogP contribution in [0.3, 0.4) is 0 Å². The molecule has 0 aromatic heterocycles. The summed E-state index contributed by atoms with van der Waals surface area (Å²) < 4.78 is 19.5. The molecule has 1 saturated carbocycles. The van der Waals surface area contributed by atoms with Gasteiger partial charge in [-0.25, -0.2) is 4.39 Å². The van der Waals surface area contributed by atoms with Gasteiger partial charge in [-0.1, -0.05) is 18.5 Å². The first-order valence-electron chi connectivity index (χ1n) is 5.37. The summed E-state index contributed by atoms with van der Waals surface area (Å²) >= 11 is 8.97. The summed E-state index contributed by atoms with van der Waals surface area (Å²) in [6.45, 7) is 2.21. The van der Waals surface area contributed by atoms with Crippen LogP contribution >= 0.6 is 27.5 Å². The molecule has 0 unspecified atom stereocenters. The molecule has 0 amide bonds. The van der Waals surface area contributed by atoms with E-state index in [9.17, 15) is 4.39 Å². The fraction of sp³-hybridized carbons (Fsp3) is 0.500. The predicted molar refractivity (Wildman–Crippen MR) is 66.5 cm³/mol. The average molecular weight is 308 g/mol. The van der Waals surface area contributed by atoms with E-state index in [4.69, 9.17) is 16.3 Å². The highest BCUT2D eigenvalue weighted by atomic mass is 79.9. The molecule has 1 aliphatic rings. The van der Waals surface area contributed by atoms with E-state index in [1.54, 1.807) is 6.07 Å². The quantitative estimate of drug-likeness (QED) is 0.713. The third-order valence-corrected chi connectivity index (χ3v) is 3.89. The molecule has 0 aliphatic heterocycles. The molecule has 2 rings (SSSR count). The summed E-state index contributed by atoms with van der Waals surface area (Å²) in [7, 11) is 0. The van der Waals surface area contributed by atoms with E-state index in [0.29, 0.717) is 21.2 Å². The first-order valence-corrected chi connectivity index (χ1v) is 6.54. The van der Waals surface area contributed by atoms with E-state index in [2.05, 4.69) is 22.9 Å². The van der Waals surface area contributed by atoms with Gasteiger partial charge in [0.2, 0.25) is 0 Å². The summed E-state index contributed by atoms with van der Waals surface area (Å²) in [4.78, 5) is 0. The van der Waals surface area contributed by atoms with Gasteiger partial charge in [0.15, 0.2) is 0 Å². The highest BCUT2D eigenvalue weighted by molar-refractivity contribution is 9.10. The first-order chi connectivity index (χ1) is 7.56. The molecule has 0 radical (unpaired) electrons. The molecule has 0 heterocycles. The fourth-order valence-corrected chi connectivity index (χ4v) is 2.58. The molecule has 2 atom stereocenters. The van der Waals surface area contributed by atoms with Crippen LogP contribution in [-0.4, -0.2) is 6.10 Å². The lowest BCUT2D eigenvalue weighted by atomic mass is 10.1. The van der Waals surface area contributed by atoms with Crippen molar-refractivity contribution in [3.63, 3.8) is 0 Å². The Hall–Kier alpha value is -0.280. The number of ether oxygens (including phenoxy) is 1. The standard InChI is InChI=1S/C12H13BrClFO/c1-7-2-3-9(4-7)16-11-6-8(14)5-10(15)12(11)13/h5-7,9H,2-4H2,1H3/t7-,9-/m1/s1. The van der Waals surface area contributed by atoms with Crippen LogP contribution in [0.25, 0.3) is 0 Å². The smallest absolute Gasteiger partial charge is 0.142 e. The molecule has 88 valence electrons. The minimum atomic E-state index is -0.381. The van der Waals surface area contributed by atoms with Gasteiger partial charge in [0.1, 0.15) is 11.6 Å². The molecule has 0 saturated heterocycles. The van der Waals surface area contributed by atoms with E-state index in [-0.39, 0.29) is 11.9 Å². The van der Waals surface area contributed by atoms with Crippen molar-refractivity contribution in [3.05, 3.63) is 27.4 Å². The van der Waals surface area contributed by atoms with Crippen molar-refractivity contribution in [2.24, 2.45) is 5.92 Å². The van der Waals surface area contributed by atoms with Crippen LogP contribution in [0.2, 0.25) is 5.02 Å². The molecule has 1 nitrogen and oxygen atoms in total. The number of hydrogen-bond acceptors (Lipinski definition) is 1. The highest BCUT2D eigenvalue weighted by Crippen LogP contribution is 2.35. The maximum Gasteiger partial charge on any atom is 0.142 e. The molecule has 16 heavy (non-hydrogen) atoms. The van der Waals surface area contributed by atoms with Crippen molar-refractivity contribution in [1.29, 1.82) is 0 Å². The molecular weight excluding hydrogens is 294 g/mol. The summed E-state index contributed by atoms with van der Waals surface area (Å²) in [5.41, 5.74) is 0. The minimum absolute atomic E-state index is 0.184. The van der Waals surface area contributed by atoms with Crippen molar-refractivity contribution in [1.82, 2.24) is 0 Å². The SMILES string of the molecule is C[C@@H]1CC[C@@H](Oc2cc(Cl)cc(F)c2Br)C1. The summed E-state index contributed by atoms with van der Waals surface area (Å²) in [5, 5.41) is 0.363. The number of hydrogen-bond donors (Lipinski definition) is 0. The Bertz CT molecular complexity index is 397. The Morgan fingerprint density at radius 2 is 2.19 bits per heavy atom. The monoisotopic (exact) mass is 306 g/mol. The first kappa shape index (κ1) is 12.2. The van der Waals surface area contributed by atoms with Crippen LogP contribution in [0.15, 0.2) is 16.6 Å². The zero-order valence-corrected chi connectivity index (χ0v) is 11.3. The van der Waals surface area contributed by atoms with Crippen molar-refractivity contribution < 1.29 is 9.13 Å². The topological polar surface area (TPSA) is 9.23 Å². The molecule has 0 N–H and O–H groups in total. The van der Waals surface area contributed by atoms with E-state index in [0.717, 1.165) is 12.8 Å². The van der Waals surface area contributed by atoms with Crippen molar-refractivity contribution in [2.75, 3.05) is 0 Å². The van der Waals surface area contributed by atoms with Crippen LogP contribution in [0.5, 0.6) is 5.75 Å². The van der Waals surface area contributed by atoms with E-state index in [1.165, 1.54) is 12.5 Å². The van der Waals surface area contributed by atoms with Gasteiger partial charge in [0, 0.05) is 11.1 Å². The molecule has 1 aromatic carbocycles. The van der Waals surface area contributed by atoms with Gasteiger partial charge in [-0.05, 0) is 47.2 Å². The van der Waals surface area contributed by atoms with E-state index >= 15 is 0 Å². The van der Waals surface area contributed by atoms with Crippen LogP contribution in [0.4, 0.5) is 4.39 Å². The number of halogens is 3. The summed E-state index contributed by atoms with van der Waals surface area (Å²) in [6, 6.07) is 2.92. The second kappa shape index (κ2) is 4.92. The predicted octanol–water partition coefficient (Wildman–Crippen LogP) is 4.81. The zero-order chi connectivity index (χ0) is 11.7. The summed E-state index contributed by atoms with van der Waals surface area (Å²) in [5.74, 6) is 0.811. The van der Waals surface area contributed by atoms with Crippen LogP contribution in [0, 0.1) is 11.7 Å². The highest BCUT2D eigenvalue weighted by Gasteiger charge is 2.24. The van der Waals surface area contributed by atoms with Crippen molar-refractivity contribution in [3.8, 4) is 5.75 Å². The maximum atomic E-state index is 13.4. The van der Waals surface area contributed by atoms with Gasteiger partial charge in [-0.15, -0.1) is 0 Å². The third kappa shape index (κ3) is 2.69. The lowest BCUT2D eigenvalue weighted by Crippen LogP contribution is -2.12. The Balaban J connectivity index is 2.15. The van der Waals surface area contributed by atoms with Crippen LogP contribution < -0.4 is 4.74 Å². The lowest BCUT2D eigenvalue weighted by Gasteiger charge is -2.15. The summed E-state index contributed by atoms with van der Waals surface area (Å²) in [6.07, 6.45) is 3.41. The van der Waals surface area contributed by atoms with Crippen LogP contribution in [-0.2, 0) is 0 Å². The second-order valence-corrected chi connectivity index (χ2v) is 5.59. The van der Waals surface area contributed by atoms with Gasteiger partial charge in [0.25, 0.3) is 0 Å². The van der Waals surface area contributed by atoms with Gasteiger partial charge < -0.3 is 4.74 Å². The molecule has 0 spiro atoms. The van der Waals surface area contributed by atoms with Gasteiger partial charge in [-0.3, -0.25) is 0 Å². The molecular formula is C12H13BrClFO.